The van der Waals surface area contributed by atoms with Crippen LogP contribution in [0.15, 0.2) is 42.5 Å². The molecule has 0 bridgehead atoms. The molecule has 2 aromatic carbocycles. The standard InChI is InChI=1S/C19H22N2O2/c1-12-8-9-13(2)18(10-12)20-14(3)19(23)21-17-7-5-6-16(11-17)15(4)22/h5-11,14,20H,1-4H3,(H,21,23)/t14-/m0/s1. The van der Waals surface area contributed by atoms with Crippen LogP contribution in [0.4, 0.5) is 11.4 Å². The van der Waals surface area contributed by atoms with Gasteiger partial charge in [0.05, 0.1) is 0 Å². The van der Waals surface area contributed by atoms with E-state index in [0.717, 1.165) is 16.8 Å². The maximum atomic E-state index is 12.3. The van der Waals surface area contributed by atoms with E-state index in [4.69, 9.17) is 0 Å². The number of hydrogen-bond acceptors (Lipinski definition) is 3. The molecule has 0 aliphatic rings. The van der Waals surface area contributed by atoms with Gasteiger partial charge < -0.3 is 10.6 Å². The third kappa shape index (κ3) is 4.42. The first-order chi connectivity index (χ1) is 10.9. The van der Waals surface area contributed by atoms with Crippen LogP contribution in [0.25, 0.3) is 0 Å². The number of hydrogen-bond donors (Lipinski definition) is 2. The average molecular weight is 310 g/mol. The zero-order valence-electron chi connectivity index (χ0n) is 13.9. The molecule has 4 heteroatoms. The van der Waals surface area contributed by atoms with Crippen molar-refractivity contribution in [3.8, 4) is 0 Å². The molecule has 1 amide bonds. The van der Waals surface area contributed by atoms with Gasteiger partial charge in [-0.3, -0.25) is 9.59 Å². The Hall–Kier alpha value is -2.62. The van der Waals surface area contributed by atoms with Crippen molar-refractivity contribution in [1.29, 1.82) is 0 Å². The SMILES string of the molecule is CC(=O)c1cccc(NC(=O)[C@H](C)Nc2cc(C)ccc2C)c1. The second-order valence-corrected chi connectivity index (χ2v) is 5.81. The van der Waals surface area contributed by atoms with Crippen molar-refractivity contribution in [3.05, 3.63) is 59.2 Å². The third-order valence-electron chi connectivity index (χ3n) is 3.69. The van der Waals surface area contributed by atoms with Crippen LogP contribution < -0.4 is 10.6 Å². The molecule has 0 unspecified atom stereocenters. The van der Waals surface area contributed by atoms with Gasteiger partial charge in [-0.15, -0.1) is 0 Å². The van der Waals surface area contributed by atoms with Gasteiger partial charge in [0.2, 0.25) is 5.91 Å². The highest BCUT2D eigenvalue weighted by Crippen LogP contribution is 2.18. The quantitative estimate of drug-likeness (QED) is 0.822. The van der Waals surface area contributed by atoms with E-state index in [-0.39, 0.29) is 11.7 Å². The summed E-state index contributed by atoms with van der Waals surface area (Å²) in [5, 5.41) is 6.07. The number of benzene rings is 2. The van der Waals surface area contributed by atoms with Crippen molar-refractivity contribution in [3.63, 3.8) is 0 Å². The molecule has 2 N–H and O–H groups in total. The highest BCUT2D eigenvalue weighted by Gasteiger charge is 2.14. The fourth-order valence-electron chi connectivity index (χ4n) is 2.26. The summed E-state index contributed by atoms with van der Waals surface area (Å²) in [6, 6.07) is 12.6. The predicted molar refractivity (Wildman–Crippen MR) is 94.1 cm³/mol. The molecule has 0 saturated carbocycles. The van der Waals surface area contributed by atoms with Crippen LogP contribution in [0.2, 0.25) is 0 Å². The lowest BCUT2D eigenvalue weighted by molar-refractivity contribution is -0.116. The van der Waals surface area contributed by atoms with Gasteiger partial charge in [-0.05, 0) is 57.0 Å². The molecule has 0 aliphatic carbocycles. The van der Waals surface area contributed by atoms with Crippen LogP contribution in [0.1, 0.15) is 35.3 Å². The first kappa shape index (κ1) is 16.7. The Morgan fingerprint density at radius 2 is 1.78 bits per heavy atom. The number of carbonyl (C=O) groups excluding carboxylic acids is 2. The minimum absolute atomic E-state index is 0.0253. The van der Waals surface area contributed by atoms with Crippen molar-refractivity contribution in [2.75, 3.05) is 10.6 Å². The predicted octanol–water partition coefficient (Wildman–Crippen LogP) is 3.95. The first-order valence-electron chi connectivity index (χ1n) is 7.62. The zero-order chi connectivity index (χ0) is 17.0. The Kier molecular flexibility index (Phi) is 5.16. The molecular formula is C19H22N2O2. The number of carbonyl (C=O) groups is 2. The Morgan fingerprint density at radius 1 is 1.04 bits per heavy atom. The third-order valence-corrected chi connectivity index (χ3v) is 3.69. The van der Waals surface area contributed by atoms with E-state index < -0.39 is 6.04 Å². The largest absolute Gasteiger partial charge is 0.374 e. The van der Waals surface area contributed by atoms with Crippen molar-refractivity contribution < 1.29 is 9.59 Å². The van der Waals surface area contributed by atoms with Gasteiger partial charge in [-0.1, -0.05) is 24.3 Å². The normalized spacial score (nSPS) is 11.7. The number of anilines is 2. The molecule has 0 heterocycles. The summed E-state index contributed by atoms with van der Waals surface area (Å²) in [6.07, 6.45) is 0. The van der Waals surface area contributed by atoms with E-state index in [1.807, 2.05) is 39.0 Å². The van der Waals surface area contributed by atoms with Gasteiger partial charge in [0.1, 0.15) is 6.04 Å². The second kappa shape index (κ2) is 7.09. The highest BCUT2D eigenvalue weighted by atomic mass is 16.2. The monoisotopic (exact) mass is 310 g/mol. The highest BCUT2D eigenvalue weighted by molar-refractivity contribution is 5.99. The molecule has 1 atom stereocenters. The average Bonchev–Trinajstić information content (AvgIpc) is 2.51. The Labute approximate surface area is 136 Å². The fourth-order valence-corrected chi connectivity index (χ4v) is 2.26. The van der Waals surface area contributed by atoms with Crippen molar-refractivity contribution in [2.24, 2.45) is 0 Å². The lowest BCUT2D eigenvalue weighted by Crippen LogP contribution is -2.32. The summed E-state index contributed by atoms with van der Waals surface area (Å²) < 4.78 is 0. The molecule has 0 saturated heterocycles. The minimum atomic E-state index is -0.392. The summed E-state index contributed by atoms with van der Waals surface area (Å²) >= 11 is 0. The van der Waals surface area contributed by atoms with Crippen LogP contribution in [-0.2, 0) is 4.79 Å². The lowest BCUT2D eigenvalue weighted by atomic mass is 10.1. The maximum absolute atomic E-state index is 12.3. The zero-order valence-corrected chi connectivity index (χ0v) is 13.9. The van der Waals surface area contributed by atoms with E-state index in [1.54, 1.807) is 24.3 Å². The van der Waals surface area contributed by atoms with Crippen LogP contribution in [0.3, 0.4) is 0 Å². The van der Waals surface area contributed by atoms with Crippen molar-refractivity contribution >= 4 is 23.1 Å². The van der Waals surface area contributed by atoms with Gasteiger partial charge in [-0.25, -0.2) is 0 Å². The van der Waals surface area contributed by atoms with Crippen LogP contribution in [0.5, 0.6) is 0 Å². The summed E-state index contributed by atoms with van der Waals surface area (Å²) in [5.74, 6) is -0.172. The molecule has 0 spiro atoms. The summed E-state index contributed by atoms with van der Waals surface area (Å²) in [6.45, 7) is 7.34. The van der Waals surface area contributed by atoms with E-state index in [9.17, 15) is 9.59 Å². The molecule has 2 rings (SSSR count). The van der Waals surface area contributed by atoms with Crippen molar-refractivity contribution in [2.45, 2.75) is 33.7 Å². The smallest absolute Gasteiger partial charge is 0.246 e. The number of ketones is 1. The molecule has 0 radical (unpaired) electrons. The Balaban J connectivity index is 2.07. The molecule has 0 fully saturated rings. The summed E-state index contributed by atoms with van der Waals surface area (Å²) in [4.78, 5) is 23.7. The molecule has 0 aliphatic heterocycles. The van der Waals surface area contributed by atoms with E-state index in [0.29, 0.717) is 11.3 Å². The number of nitrogens with one attached hydrogen (secondary N) is 2. The first-order valence-corrected chi connectivity index (χ1v) is 7.62. The molecule has 4 nitrogen and oxygen atoms in total. The number of aryl methyl sites for hydroxylation is 2. The summed E-state index contributed by atoms with van der Waals surface area (Å²) in [7, 11) is 0. The van der Waals surface area contributed by atoms with Gasteiger partial charge in [-0.2, -0.15) is 0 Å². The van der Waals surface area contributed by atoms with Gasteiger partial charge in [0.15, 0.2) is 5.78 Å². The van der Waals surface area contributed by atoms with E-state index >= 15 is 0 Å². The lowest BCUT2D eigenvalue weighted by Gasteiger charge is -2.17. The Bertz CT molecular complexity index is 738. The summed E-state index contributed by atoms with van der Waals surface area (Å²) in [5.41, 5.74) is 4.38. The van der Waals surface area contributed by atoms with Crippen LogP contribution >= 0.6 is 0 Å². The maximum Gasteiger partial charge on any atom is 0.246 e. The van der Waals surface area contributed by atoms with Gasteiger partial charge in [0.25, 0.3) is 0 Å². The molecular weight excluding hydrogens is 288 g/mol. The van der Waals surface area contributed by atoms with Crippen LogP contribution in [-0.4, -0.2) is 17.7 Å². The van der Waals surface area contributed by atoms with E-state index in [2.05, 4.69) is 10.6 Å². The number of rotatable bonds is 5. The fraction of sp³-hybridized carbons (Fsp3) is 0.263. The van der Waals surface area contributed by atoms with Gasteiger partial charge in [0, 0.05) is 16.9 Å². The Morgan fingerprint density at radius 3 is 2.48 bits per heavy atom. The van der Waals surface area contributed by atoms with Crippen LogP contribution in [0, 0.1) is 13.8 Å². The van der Waals surface area contributed by atoms with E-state index in [1.165, 1.54) is 6.92 Å². The molecule has 120 valence electrons. The second-order valence-electron chi connectivity index (χ2n) is 5.81. The number of Topliss-reactive ketones (excluding diaryl/α,β-unsaturated/α-hetero) is 1. The van der Waals surface area contributed by atoms with Gasteiger partial charge >= 0.3 is 0 Å². The number of amides is 1. The molecule has 23 heavy (non-hydrogen) atoms. The molecule has 2 aromatic rings. The minimum Gasteiger partial charge on any atom is -0.374 e. The van der Waals surface area contributed by atoms with Crippen molar-refractivity contribution in [1.82, 2.24) is 0 Å². The molecule has 0 aromatic heterocycles. The topological polar surface area (TPSA) is 58.2 Å².